The molecule has 154 valence electrons. The molecule has 1 fully saturated rings. The maximum absolute atomic E-state index is 13.7. The summed E-state index contributed by atoms with van der Waals surface area (Å²) in [5, 5.41) is 0. The molecule has 0 aromatic rings. The number of carbonyl (C=O) groups excluding carboxylic acids is 2. The molecule has 0 aromatic carbocycles. The molecule has 0 aromatic heterocycles. The molecule has 0 amide bonds. The van der Waals surface area contributed by atoms with Crippen LogP contribution in [0.15, 0.2) is 12.2 Å². The summed E-state index contributed by atoms with van der Waals surface area (Å²) in [6.07, 6.45) is 9.67. The van der Waals surface area contributed by atoms with Crippen LogP contribution in [0, 0.1) is 21.7 Å². The van der Waals surface area contributed by atoms with E-state index < -0.39 is 10.8 Å². The summed E-state index contributed by atoms with van der Waals surface area (Å²) >= 11 is 0. The molecule has 2 bridgehead atoms. The Hall–Kier alpha value is -1.32. The SMILES string of the molecule is CCCOC(=O)C1(CC)C2(CC)C=CC(CC)(C2)C1(CC)C(=O)OCCC. The van der Waals surface area contributed by atoms with Gasteiger partial charge in [0, 0.05) is 10.8 Å². The highest BCUT2D eigenvalue weighted by atomic mass is 16.5. The van der Waals surface area contributed by atoms with Crippen molar-refractivity contribution in [3.05, 3.63) is 12.2 Å². The van der Waals surface area contributed by atoms with Crippen molar-refractivity contribution in [1.29, 1.82) is 0 Å². The molecule has 0 heterocycles. The largest absolute Gasteiger partial charge is 0.465 e. The molecular weight excluding hydrogens is 340 g/mol. The molecule has 27 heavy (non-hydrogen) atoms. The number of hydrogen-bond donors (Lipinski definition) is 0. The number of carbonyl (C=O) groups is 2. The normalized spacial score (nSPS) is 36.8. The van der Waals surface area contributed by atoms with Gasteiger partial charge in [0.2, 0.25) is 0 Å². The van der Waals surface area contributed by atoms with Crippen molar-refractivity contribution in [2.45, 2.75) is 86.5 Å². The lowest BCUT2D eigenvalue weighted by Gasteiger charge is -2.54. The predicted octanol–water partition coefficient (Wildman–Crippen LogP) is 5.45. The average Bonchev–Trinajstić information content (AvgIpc) is 3.19. The summed E-state index contributed by atoms with van der Waals surface area (Å²) in [4.78, 5) is 27.3. The van der Waals surface area contributed by atoms with Gasteiger partial charge >= 0.3 is 11.9 Å². The summed E-state index contributed by atoms with van der Waals surface area (Å²) < 4.78 is 11.5. The Balaban J connectivity index is 2.75. The Bertz CT molecular complexity index is 547. The first-order chi connectivity index (χ1) is 12.9. The molecule has 0 N–H and O–H groups in total. The minimum absolute atomic E-state index is 0.205. The summed E-state index contributed by atoms with van der Waals surface area (Å²) in [5.41, 5.74) is -2.42. The zero-order valence-corrected chi connectivity index (χ0v) is 18.2. The van der Waals surface area contributed by atoms with Crippen LogP contribution in [0.3, 0.4) is 0 Å². The van der Waals surface area contributed by atoms with Gasteiger partial charge in [0.05, 0.1) is 24.0 Å². The van der Waals surface area contributed by atoms with Crippen LogP contribution in [0.5, 0.6) is 0 Å². The highest BCUT2D eigenvalue weighted by molar-refractivity contribution is 5.93. The van der Waals surface area contributed by atoms with E-state index in [9.17, 15) is 9.59 Å². The van der Waals surface area contributed by atoms with Crippen LogP contribution in [0.25, 0.3) is 0 Å². The van der Waals surface area contributed by atoms with E-state index in [1.807, 2.05) is 27.7 Å². The summed E-state index contributed by atoms with van der Waals surface area (Å²) in [6, 6.07) is 0. The van der Waals surface area contributed by atoms with Gasteiger partial charge in [-0.05, 0) is 44.9 Å². The van der Waals surface area contributed by atoms with E-state index in [-0.39, 0.29) is 22.8 Å². The summed E-state index contributed by atoms with van der Waals surface area (Å²) in [5.74, 6) is -0.410. The number of esters is 2. The summed E-state index contributed by atoms with van der Waals surface area (Å²) in [7, 11) is 0. The van der Waals surface area contributed by atoms with E-state index in [0.717, 1.165) is 32.1 Å². The van der Waals surface area contributed by atoms with E-state index in [2.05, 4.69) is 26.0 Å². The second-order valence-electron chi connectivity index (χ2n) is 8.32. The Morgan fingerprint density at radius 1 is 0.704 bits per heavy atom. The number of ether oxygens (including phenoxy) is 2. The summed E-state index contributed by atoms with van der Waals surface area (Å²) in [6.45, 7) is 13.1. The van der Waals surface area contributed by atoms with E-state index in [0.29, 0.717) is 26.1 Å². The number of fused-ring (bicyclic) bond motifs is 2. The van der Waals surface area contributed by atoms with E-state index >= 15 is 0 Å². The molecule has 2 aliphatic carbocycles. The van der Waals surface area contributed by atoms with Gasteiger partial charge in [-0.15, -0.1) is 0 Å². The van der Waals surface area contributed by atoms with E-state index in [1.54, 1.807) is 0 Å². The van der Waals surface area contributed by atoms with Crippen molar-refractivity contribution in [2.24, 2.45) is 21.7 Å². The molecule has 1 saturated carbocycles. The molecule has 0 aliphatic heterocycles. The zero-order chi connectivity index (χ0) is 20.3. The fraction of sp³-hybridized carbons (Fsp3) is 0.826. The maximum Gasteiger partial charge on any atom is 0.314 e. The lowest BCUT2D eigenvalue weighted by molar-refractivity contribution is -0.195. The average molecular weight is 379 g/mol. The number of hydrogen-bond acceptors (Lipinski definition) is 4. The van der Waals surface area contributed by atoms with Crippen LogP contribution in [0.4, 0.5) is 0 Å². The molecule has 4 atom stereocenters. The Morgan fingerprint density at radius 2 is 1.07 bits per heavy atom. The minimum Gasteiger partial charge on any atom is -0.465 e. The third kappa shape index (κ3) is 2.54. The van der Waals surface area contributed by atoms with Gasteiger partial charge in [0.1, 0.15) is 0 Å². The fourth-order valence-corrected chi connectivity index (χ4v) is 6.51. The van der Waals surface area contributed by atoms with Gasteiger partial charge in [-0.1, -0.05) is 53.7 Å². The van der Waals surface area contributed by atoms with Gasteiger partial charge in [0.25, 0.3) is 0 Å². The molecule has 0 saturated heterocycles. The van der Waals surface area contributed by atoms with Crippen LogP contribution >= 0.6 is 0 Å². The van der Waals surface area contributed by atoms with Crippen molar-refractivity contribution in [1.82, 2.24) is 0 Å². The first-order valence-electron chi connectivity index (χ1n) is 10.9. The second kappa shape index (κ2) is 7.97. The third-order valence-electron chi connectivity index (χ3n) is 7.67. The monoisotopic (exact) mass is 378 g/mol. The maximum atomic E-state index is 13.7. The molecule has 2 aliphatic rings. The Morgan fingerprint density at radius 3 is 1.33 bits per heavy atom. The second-order valence-corrected chi connectivity index (χ2v) is 8.32. The highest BCUT2D eigenvalue weighted by Gasteiger charge is 2.82. The lowest BCUT2D eigenvalue weighted by atomic mass is 9.47. The van der Waals surface area contributed by atoms with Gasteiger partial charge in [-0.2, -0.15) is 0 Å². The van der Waals surface area contributed by atoms with Gasteiger partial charge in [-0.25, -0.2) is 0 Å². The van der Waals surface area contributed by atoms with Crippen LogP contribution in [0.2, 0.25) is 0 Å². The molecule has 4 nitrogen and oxygen atoms in total. The van der Waals surface area contributed by atoms with Crippen molar-refractivity contribution in [2.75, 3.05) is 13.2 Å². The molecule has 0 spiro atoms. The van der Waals surface area contributed by atoms with Crippen molar-refractivity contribution in [3.63, 3.8) is 0 Å². The van der Waals surface area contributed by atoms with Crippen molar-refractivity contribution < 1.29 is 19.1 Å². The minimum atomic E-state index is -0.867. The first-order valence-corrected chi connectivity index (χ1v) is 10.9. The molecule has 2 rings (SSSR count). The lowest BCUT2D eigenvalue weighted by Crippen LogP contribution is -2.61. The van der Waals surface area contributed by atoms with Crippen LogP contribution in [-0.2, 0) is 19.1 Å². The van der Waals surface area contributed by atoms with E-state index in [1.165, 1.54) is 0 Å². The quantitative estimate of drug-likeness (QED) is 0.374. The van der Waals surface area contributed by atoms with Crippen molar-refractivity contribution >= 4 is 11.9 Å². The molecule has 4 heteroatoms. The standard InChI is InChI=1S/C23H38O4/c1-7-15-26-18(24)22(11-5)20(9-3)13-14-21(10-4,17-20)23(22,12-6)19(25)27-16-8-2/h13-14H,7-12,15-17H2,1-6H3. The predicted molar refractivity (Wildman–Crippen MR) is 107 cm³/mol. The zero-order valence-electron chi connectivity index (χ0n) is 18.2. The van der Waals surface area contributed by atoms with Crippen LogP contribution in [-0.4, -0.2) is 25.2 Å². The smallest absolute Gasteiger partial charge is 0.314 e. The van der Waals surface area contributed by atoms with Gasteiger partial charge in [-0.3, -0.25) is 9.59 Å². The fourth-order valence-electron chi connectivity index (χ4n) is 6.51. The molecular formula is C23H38O4. The van der Waals surface area contributed by atoms with Crippen LogP contribution in [0.1, 0.15) is 86.5 Å². The number of allylic oxidation sites excluding steroid dienone is 2. The topological polar surface area (TPSA) is 52.6 Å². The Kier molecular flexibility index (Phi) is 6.48. The Labute approximate surface area is 165 Å². The third-order valence-corrected chi connectivity index (χ3v) is 7.67. The van der Waals surface area contributed by atoms with E-state index in [4.69, 9.17) is 9.47 Å². The molecule has 0 radical (unpaired) electrons. The van der Waals surface area contributed by atoms with Crippen LogP contribution < -0.4 is 0 Å². The van der Waals surface area contributed by atoms with Gasteiger partial charge in [0.15, 0.2) is 0 Å². The highest BCUT2D eigenvalue weighted by Crippen LogP contribution is 2.80. The van der Waals surface area contributed by atoms with Crippen molar-refractivity contribution in [3.8, 4) is 0 Å². The first kappa shape index (κ1) is 22.0. The number of rotatable bonds is 10. The molecule has 4 unspecified atom stereocenters. The van der Waals surface area contributed by atoms with Gasteiger partial charge < -0.3 is 9.47 Å².